The molecule has 1 aliphatic rings. The van der Waals surface area contributed by atoms with Crippen molar-refractivity contribution >= 4 is 40.1 Å². The van der Waals surface area contributed by atoms with Crippen LogP contribution in [0.15, 0.2) is 35.4 Å². The lowest BCUT2D eigenvalue weighted by atomic mass is 10.1. The van der Waals surface area contributed by atoms with Crippen LogP contribution in [-0.2, 0) is 9.53 Å². The molecule has 160 valence electrons. The number of rotatable bonds is 7. The topological polar surface area (TPSA) is 113 Å². The fourth-order valence-electron chi connectivity index (χ4n) is 2.74. The number of carbonyl (C=O) groups is 2. The van der Waals surface area contributed by atoms with Gasteiger partial charge in [-0.2, -0.15) is 0 Å². The lowest BCUT2D eigenvalue weighted by Crippen LogP contribution is -2.14. The van der Waals surface area contributed by atoms with Crippen molar-refractivity contribution in [2.75, 3.05) is 24.5 Å². The molecule has 0 saturated heterocycles. The van der Waals surface area contributed by atoms with Crippen molar-refractivity contribution in [2.45, 2.75) is 18.9 Å². The lowest BCUT2D eigenvalue weighted by molar-refractivity contribution is -0.113. The molecule has 2 aromatic heterocycles. The monoisotopic (exact) mass is 458 g/mol. The van der Waals surface area contributed by atoms with Crippen molar-refractivity contribution in [1.82, 2.24) is 15.2 Å². The summed E-state index contributed by atoms with van der Waals surface area (Å²) < 4.78 is 15.7. The number of amides is 1. The first-order valence-electron chi connectivity index (χ1n) is 9.34. The second-order valence-corrected chi connectivity index (χ2v) is 8.31. The Hall–Kier alpha value is -3.18. The maximum atomic E-state index is 12.2. The number of aromatic nitrogens is 3. The zero-order valence-corrected chi connectivity index (χ0v) is 18.3. The summed E-state index contributed by atoms with van der Waals surface area (Å²) in [6.45, 7) is 3.93. The molecule has 4 rings (SSSR count). The highest BCUT2D eigenvalue weighted by atomic mass is 32.2. The van der Waals surface area contributed by atoms with Gasteiger partial charge in [-0.3, -0.25) is 4.79 Å². The Bertz CT molecular complexity index is 1120. The highest BCUT2D eigenvalue weighted by Crippen LogP contribution is 2.35. The number of nitrogens with zero attached hydrogens (tertiary/aromatic N) is 3. The molecule has 0 fully saturated rings. The molecule has 3 aromatic rings. The van der Waals surface area contributed by atoms with E-state index in [2.05, 4.69) is 20.5 Å². The summed E-state index contributed by atoms with van der Waals surface area (Å²) >= 11 is 2.34. The fraction of sp³-hybridized carbons (Fsp3) is 0.250. The van der Waals surface area contributed by atoms with Crippen LogP contribution in [0, 0.1) is 6.92 Å². The van der Waals surface area contributed by atoms with Crippen molar-refractivity contribution in [3.63, 3.8) is 0 Å². The summed E-state index contributed by atoms with van der Waals surface area (Å²) in [4.78, 5) is 28.7. The van der Waals surface area contributed by atoms with Gasteiger partial charge < -0.3 is 19.5 Å². The van der Waals surface area contributed by atoms with Gasteiger partial charge in [0, 0.05) is 5.56 Å². The van der Waals surface area contributed by atoms with Crippen LogP contribution in [0.2, 0.25) is 0 Å². The Morgan fingerprint density at radius 2 is 2.03 bits per heavy atom. The average Bonchev–Trinajstić information content (AvgIpc) is 3.38. The van der Waals surface area contributed by atoms with E-state index in [1.807, 2.05) is 24.3 Å². The summed E-state index contributed by atoms with van der Waals surface area (Å²) in [7, 11) is 0. The van der Waals surface area contributed by atoms with Crippen LogP contribution in [0.3, 0.4) is 0 Å². The smallest absolute Gasteiger partial charge is 0.350 e. The molecule has 0 atom stereocenters. The highest BCUT2D eigenvalue weighted by molar-refractivity contribution is 7.99. The van der Waals surface area contributed by atoms with E-state index in [1.54, 1.807) is 19.9 Å². The van der Waals surface area contributed by atoms with E-state index in [0.717, 1.165) is 16.9 Å². The highest BCUT2D eigenvalue weighted by Gasteiger charge is 2.18. The number of thiazole rings is 1. The molecule has 0 aliphatic carbocycles. The molecular formula is C20H18N4O5S2. The Balaban J connectivity index is 1.33. The van der Waals surface area contributed by atoms with Gasteiger partial charge >= 0.3 is 5.97 Å². The molecule has 3 heterocycles. The molecule has 0 bridgehead atoms. The Labute approximate surface area is 186 Å². The third-order valence-electron chi connectivity index (χ3n) is 4.16. The first kappa shape index (κ1) is 21.1. The summed E-state index contributed by atoms with van der Waals surface area (Å²) in [5.74, 6) is 0.824. The Morgan fingerprint density at radius 1 is 1.19 bits per heavy atom. The van der Waals surface area contributed by atoms with Crippen molar-refractivity contribution < 1.29 is 23.8 Å². The second-order valence-electron chi connectivity index (χ2n) is 6.32. The number of fused-ring (bicyclic) bond motifs is 1. The third-order valence-corrected chi connectivity index (χ3v) is 6.14. The van der Waals surface area contributed by atoms with Crippen LogP contribution >= 0.6 is 23.1 Å². The first-order valence-corrected chi connectivity index (χ1v) is 11.1. The van der Waals surface area contributed by atoms with Gasteiger partial charge in [-0.25, -0.2) is 9.78 Å². The predicted octanol–water partition coefficient (Wildman–Crippen LogP) is 3.54. The minimum Gasteiger partial charge on any atom is -0.462 e. The molecule has 0 radical (unpaired) electrons. The molecule has 0 spiro atoms. The standard InChI is InChI=1S/C20H18N4O5S2/c1-3-27-19(26)18-11(2)21-20(31-18)22-16(25)9-30-17-7-5-13(23-24-17)12-4-6-14-15(8-12)29-10-28-14/h4-8H,3,9-10H2,1-2H3,(H,21,22,25). The molecule has 1 N–H and O–H groups in total. The van der Waals surface area contributed by atoms with E-state index in [0.29, 0.717) is 37.9 Å². The second kappa shape index (κ2) is 9.31. The summed E-state index contributed by atoms with van der Waals surface area (Å²) in [6, 6.07) is 9.21. The summed E-state index contributed by atoms with van der Waals surface area (Å²) in [6.07, 6.45) is 0. The number of hydrogen-bond donors (Lipinski definition) is 1. The molecule has 1 aromatic carbocycles. The number of carbonyl (C=O) groups excluding carboxylic acids is 2. The SMILES string of the molecule is CCOC(=O)c1sc(NC(=O)CSc2ccc(-c3ccc4c(c3)OCO4)nn2)nc1C. The van der Waals surface area contributed by atoms with Crippen LogP contribution < -0.4 is 14.8 Å². The van der Waals surface area contributed by atoms with Crippen LogP contribution in [0.4, 0.5) is 5.13 Å². The van der Waals surface area contributed by atoms with E-state index in [1.165, 1.54) is 11.8 Å². The zero-order valence-electron chi connectivity index (χ0n) is 16.7. The van der Waals surface area contributed by atoms with Crippen molar-refractivity contribution in [3.05, 3.63) is 40.9 Å². The number of benzene rings is 1. The van der Waals surface area contributed by atoms with Gasteiger partial charge in [-0.1, -0.05) is 23.1 Å². The molecule has 0 saturated carbocycles. The Morgan fingerprint density at radius 3 is 2.81 bits per heavy atom. The number of anilines is 1. The molecule has 11 heteroatoms. The number of hydrogen-bond acceptors (Lipinski definition) is 10. The van der Waals surface area contributed by atoms with Gasteiger partial charge in [0.1, 0.15) is 9.90 Å². The lowest BCUT2D eigenvalue weighted by Gasteiger charge is -2.04. The van der Waals surface area contributed by atoms with E-state index in [9.17, 15) is 9.59 Å². The third kappa shape index (κ3) is 4.94. The number of nitrogens with one attached hydrogen (secondary N) is 1. The van der Waals surface area contributed by atoms with E-state index >= 15 is 0 Å². The van der Waals surface area contributed by atoms with Gasteiger partial charge in [-0.05, 0) is 44.2 Å². The van der Waals surface area contributed by atoms with Crippen LogP contribution in [0.5, 0.6) is 11.5 Å². The van der Waals surface area contributed by atoms with Crippen molar-refractivity contribution in [1.29, 1.82) is 0 Å². The number of esters is 1. The maximum Gasteiger partial charge on any atom is 0.350 e. The minimum absolute atomic E-state index is 0.130. The van der Waals surface area contributed by atoms with E-state index in [-0.39, 0.29) is 25.1 Å². The number of aryl methyl sites for hydroxylation is 1. The van der Waals surface area contributed by atoms with Gasteiger partial charge in [0.05, 0.1) is 23.7 Å². The Kier molecular flexibility index (Phi) is 6.33. The zero-order chi connectivity index (χ0) is 21.8. The van der Waals surface area contributed by atoms with Gasteiger partial charge in [0.25, 0.3) is 0 Å². The van der Waals surface area contributed by atoms with Gasteiger partial charge in [-0.15, -0.1) is 10.2 Å². The molecule has 1 amide bonds. The fourth-order valence-corrected chi connectivity index (χ4v) is 4.23. The van der Waals surface area contributed by atoms with Crippen molar-refractivity contribution in [2.24, 2.45) is 0 Å². The van der Waals surface area contributed by atoms with Gasteiger partial charge in [0.2, 0.25) is 12.7 Å². The van der Waals surface area contributed by atoms with Crippen LogP contribution in [-0.4, -0.2) is 46.2 Å². The van der Waals surface area contributed by atoms with E-state index < -0.39 is 5.97 Å². The largest absolute Gasteiger partial charge is 0.462 e. The predicted molar refractivity (Wildman–Crippen MR) is 116 cm³/mol. The molecule has 1 aliphatic heterocycles. The summed E-state index contributed by atoms with van der Waals surface area (Å²) in [5, 5.41) is 12.1. The van der Waals surface area contributed by atoms with Crippen molar-refractivity contribution in [3.8, 4) is 22.8 Å². The molecule has 31 heavy (non-hydrogen) atoms. The first-order chi connectivity index (χ1) is 15.0. The quantitative estimate of drug-likeness (QED) is 0.419. The average molecular weight is 459 g/mol. The summed E-state index contributed by atoms with van der Waals surface area (Å²) in [5.41, 5.74) is 2.08. The minimum atomic E-state index is -0.440. The normalized spacial score (nSPS) is 11.9. The van der Waals surface area contributed by atoms with Crippen LogP contribution in [0.1, 0.15) is 22.3 Å². The maximum absolute atomic E-state index is 12.2. The molecular weight excluding hydrogens is 440 g/mol. The van der Waals surface area contributed by atoms with E-state index in [4.69, 9.17) is 14.2 Å². The van der Waals surface area contributed by atoms with Gasteiger partial charge in [0.15, 0.2) is 16.6 Å². The molecule has 9 nitrogen and oxygen atoms in total. The molecule has 0 unspecified atom stereocenters. The number of ether oxygens (including phenoxy) is 3. The number of thioether (sulfide) groups is 1. The van der Waals surface area contributed by atoms with Crippen LogP contribution in [0.25, 0.3) is 11.3 Å².